The molecule has 5 nitrogen and oxygen atoms in total. The van der Waals surface area contributed by atoms with E-state index in [4.69, 9.17) is 9.47 Å². The molecule has 0 bridgehead atoms. The Bertz CT molecular complexity index is 447. The maximum absolute atomic E-state index is 10.2. The number of para-hydroxylation sites is 1. The van der Waals surface area contributed by atoms with Crippen LogP contribution >= 0.6 is 0 Å². The van der Waals surface area contributed by atoms with Crippen molar-refractivity contribution in [2.45, 2.75) is 19.1 Å². The van der Waals surface area contributed by atoms with Crippen molar-refractivity contribution in [2.75, 3.05) is 40.4 Å². The van der Waals surface area contributed by atoms with Gasteiger partial charge < -0.3 is 24.8 Å². The van der Waals surface area contributed by atoms with E-state index < -0.39 is 5.60 Å². The molecule has 1 heterocycles. The largest absolute Gasteiger partial charge is 0.486 e. The normalized spacial score (nSPS) is 17.1. The highest BCUT2D eigenvalue weighted by molar-refractivity contribution is 5.47. The molecule has 0 fully saturated rings. The van der Waals surface area contributed by atoms with Gasteiger partial charge in [-0.1, -0.05) is 12.1 Å². The third-order valence-corrected chi connectivity index (χ3v) is 3.13. The van der Waals surface area contributed by atoms with Crippen molar-refractivity contribution in [3.63, 3.8) is 0 Å². The van der Waals surface area contributed by atoms with E-state index in [0.717, 1.165) is 17.1 Å². The number of nitrogens with one attached hydrogen (secondary N) is 1. The van der Waals surface area contributed by atoms with E-state index in [1.54, 1.807) is 0 Å². The van der Waals surface area contributed by atoms with E-state index in [9.17, 15) is 5.11 Å². The maximum atomic E-state index is 10.2. The highest BCUT2D eigenvalue weighted by Gasteiger charge is 2.21. The third kappa shape index (κ3) is 4.10. The van der Waals surface area contributed by atoms with Gasteiger partial charge in [0.15, 0.2) is 11.5 Å². The maximum Gasteiger partial charge on any atom is 0.165 e. The predicted molar refractivity (Wildman–Crippen MR) is 78.3 cm³/mol. The van der Waals surface area contributed by atoms with Gasteiger partial charge in [0, 0.05) is 25.2 Å². The standard InChI is InChI=1S/C15H24N2O3/c1-15(18,11-17(2)3)10-16-9-12-5-4-6-13-14(12)20-8-7-19-13/h4-6,16,18H,7-11H2,1-3H3. The van der Waals surface area contributed by atoms with Gasteiger partial charge >= 0.3 is 0 Å². The van der Waals surface area contributed by atoms with Gasteiger partial charge in [-0.05, 0) is 27.1 Å². The van der Waals surface area contributed by atoms with Crippen LogP contribution < -0.4 is 14.8 Å². The Kier molecular flexibility index (Phi) is 4.86. The second-order valence-corrected chi connectivity index (χ2v) is 5.78. The SMILES string of the molecule is CN(C)CC(C)(O)CNCc1cccc2c1OCCO2. The minimum atomic E-state index is -0.754. The quantitative estimate of drug-likeness (QED) is 0.809. The molecule has 2 N–H and O–H groups in total. The molecule has 1 unspecified atom stereocenters. The number of benzene rings is 1. The molecular weight excluding hydrogens is 256 g/mol. The number of aliphatic hydroxyl groups is 1. The van der Waals surface area contributed by atoms with Gasteiger partial charge in [-0.3, -0.25) is 0 Å². The molecule has 0 saturated heterocycles. The molecular formula is C15H24N2O3. The van der Waals surface area contributed by atoms with Gasteiger partial charge in [-0.15, -0.1) is 0 Å². The monoisotopic (exact) mass is 280 g/mol. The van der Waals surface area contributed by atoms with Crippen molar-refractivity contribution in [3.05, 3.63) is 23.8 Å². The molecule has 5 heteroatoms. The van der Waals surface area contributed by atoms with Gasteiger partial charge in [0.05, 0.1) is 5.60 Å². The zero-order valence-electron chi connectivity index (χ0n) is 12.5. The Hall–Kier alpha value is -1.30. The summed E-state index contributed by atoms with van der Waals surface area (Å²) in [7, 11) is 3.90. The van der Waals surface area contributed by atoms with Crippen LogP contribution in [0.1, 0.15) is 12.5 Å². The number of nitrogens with zero attached hydrogens (tertiary/aromatic N) is 1. The molecule has 0 amide bonds. The number of fused-ring (bicyclic) bond motifs is 1. The topological polar surface area (TPSA) is 54.0 Å². The van der Waals surface area contributed by atoms with E-state index in [-0.39, 0.29) is 0 Å². The second kappa shape index (κ2) is 6.43. The summed E-state index contributed by atoms with van der Waals surface area (Å²) in [4.78, 5) is 1.98. The van der Waals surface area contributed by atoms with E-state index in [2.05, 4.69) is 5.32 Å². The highest BCUT2D eigenvalue weighted by atomic mass is 16.6. The molecule has 1 aromatic carbocycles. The van der Waals surface area contributed by atoms with Crippen LogP contribution in [0.15, 0.2) is 18.2 Å². The Morgan fingerprint density at radius 2 is 2.05 bits per heavy atom. The van der Waals surface area contributed by atoms with Crippen LogP contribution in [0, 0.1) is 0 Å². The highest BCUT2D eigenvalue weighted by Crippen LogP contribution is 2.33. The third-order valence-electron chi connectivity index (χ3n) is 3.13. The molecule has 0 radical (unpaired) electrons. The van der Waals surface area contributed by atoms with Crippen molar-refractivity contribution >= 4 is 0 Å². The van der Waals surface area contributed by atoms with Crippen LogP contribution in [0.2, 0.25) is 0 Å². The molecule has 0 aliphatic carbocycles. The van der Waals surface area contributed by atoms with E-state index in [1.807, 2.05) is 44.1 Å². The summed E-state index contributed by atoms with van der Waals surface area (Å²) in [6.07, 6.45) is 0. The minimum Gasteiger partial charge on any atom is -0.486 e. The number of likely N-dealkylation sites (N-methyl/N-ethyl adjacent to an activating group) is 1. The lowest BCUT2D eigenvalue weighted by Gasteiger charge is -2.27. The van der Waals surface area contributed by atoms with Crippen LogP contribution in [0.4, 0.5) is 0 Å². The van der Waals surface area contributed by atoms with Crippen LogP contribution in [0.3, 0.4) is 0 Å². The van der Waals surface area contributed by atoms with Gasteiger partial charge in [0.1, 0.15) is 13.2 Å². The van der Waals surface area contributed by atoms with Crippen molar-refractivity contribution in [2.24, 2.45) is 0 Å². The number of ether oxygens (including phenoxy) is 2. The van der Waals surface area contributed by atoms with Gasteiger partial charge in [-0.25, -0.2) is 0 Å². The van der Waals surface area contributed by atoms with E-state index in [0.29, 0.717) is 32.8 Å². The molecule has 20 heavy (non-hydrogen) atoms. The molecule has 1 atom stereocenters. The Morgan fingerprint density at radius 3 is 2.80 bits per heavy atom. The van der Waals surface area contributed by atoms with Gasteiger partial charge in [0.2, 0.25) is 0 Å². The fourth-order valence-corrected chi connectivity index (χ4v) is 2.48. The zero-order valence-corrected chi connectivity index (χ0v) is 12.5. The molecule has 2 rings (SSSR count). The summed E-state index contributed by atoms with van der Waals surface area (Å²) in [6, 6.07) is 5.89. The van der Waals surface area contributed by atoms with Crippen molar-refractivity contribution in [1.82, 2.24) is 10.2 Å². The lowest BCUT2D eigenvalue weighted by molar-refractivity contribution is 0.0335. The van der Waals surface area contributed by atoms with Crippen molar-refractivity contribution in [3.8, 4) is 11.5 Å². The fraction of sp³-hybridized carbons (Fsp3) is 0.600. The Labute approximate surface area is 120 Å². The average molecular weight is 280 g/mol. The smallest absolute Gasteiger partial charge is 0.165 e. The first kappa shape index (κ1) is 15.1. The summed E-state index contributed by atoms with van der Waals surface area (Å²) < 4.78 is 11.2. The number of rotatable bonds is 6. The summed E-state index contributed by atoms with van der Waals surface area (Å²) in [5, 5.41) is 13.5. The summed E-state index contributed by atoms with van der Waals surface area (Å²) in [6.45, 7) is 4.81. The molecule has 0 aromatic heterocycles. The number of hydrogen-bond acceptors (Lipinski definition) is 5. The van der Waals surface area contributed by atoms with Crippen LogP contribution in [0.5, 0.6) is 11.5 Å². The molecule has 1 aliphatic heterocycles. The first-order valence-corrected chi connectivity index (χ1v) is 6.93. The predicted octanol–water partition coefficient (Wildman–Crippen LogP) is 0.860. The van der Waals surface area contributed by atoms with Crippen molar-refractivity contribution in [1.29, 1.82) is 0 Å². The molecule has 0 saturated carbocycles. The van der Waals surface area contributed by atoms with Crippen LogP contribution in [-0.2, 0) is 6.54 Å². The van der Waals surface area contributed by atoms with E-state index >= 15 is 0 Å². The fourth-order valence-electron chi connectivity index (χ4n) is 2.48. The average Bonchev–Trinajstić information content (AvgIpc) is 2.37. The first-order chi connectivity index (χ1) is 9.48. The summed E-state index contributed by atoms with van der Waals surface area (Å²) in [5.74, 6) is 1.62. The van der Waals surface area contributed by atoms with E-state index in [1.165, 1.54) is 0 Å². The first-order valence-electron chi connectivity index (χ1n) is 6.93. The summed E-state index contributed by atoms with van der Waals surface area (Å²) >= 11 is 0. The lowest BCUT2D eigenvalue weighted by Crippen LogP contribution is -2.45. The van der Waals surface area contributed by atoms with Crippen LogP contribution in [0.25, 0.3) is 0 Å². The number of hydrogen-bond donors (Lipinski definition) is 2. The van der Waals surface area contributed by atoms with Crippen LogP contribution in [-0.4, -0.2) is 56.0 Å². The molecule has 1 aliphatic rings. The molecule has 1 aromatic rings. The summed E-state index contributed by atoms with van der Waals surface area (Å²) in [5.41, 5.74) is 0.304. The molecule has 112 valence electrons. The lowest BCUT2D eigenvalue weighted by atomic mass is 10.1. The van der Waals surface area contributed by atoms with Gasteiger partial charge in [0.25, 0.3) is 0 Å². The zero-order chi connectivity index (χ0) is 14.6. The van der Waals surface area contributed by atoms with Crippen molar-refractivity contribution < 1.29 is 14.6 Å². The second-order valence-electron chi connectivity index (χ2n) is 5.78. The Balaban J connectivity index is 1.91. The van der Waals surface area contributed by atoms with Gasteiger partial charge in [-0.2, -0.15) is 0 Å². The molecule has 0 spiro atoms. The Morgan fingerprint density at radius 1 is 1.30 bits per heavy atom. The minimum absolute atomic E-state index is 0.524.